The fourth-order valence-electron chi connectivity index (χ4n) is 10.3. The Morgan fingerprint density at radius 1 is 0.368 bits per heavy atom. The number of fused-ring (bicyclic) bond motifs is 6. The van der Waals surface area contributed by atoms with E-state index in [1.54, 1.807) is 0 Å². The van der Waals surface area contributed by atoms with E-state index in [2.05, 4.69) is 221 Å². The van der Waals surface area contributed by atoms with E-state index in [0.29, 0.717) is 0 Å². The van der Waals surface area contributed by atoms with Crippen molar-refractivity contribution in [3.05, 3.63) is 210 Å². The van der Waals surface area contributed by atoms with Crippen LogP contribution in [0, 0.1) is 0 Å². The van der Waals surface area contributed by atoms with Gasteiger partial charge in [-0.3, -0.25) is 0 Å². The number of benzene rings is 9. The van der Waals surface area contributed by atoms with Crippen molar-refractivity contribution in [2.45, 2.75) is 38.5 Å². The number of hydrogen-bond donors (Lipinski definition) is 0. The molecule has 0 atom stereocenters. The molecule has 9 aromatic carbocycles. The molecule has 0 unspecified atom stereocenters. The Bertz CT molecular complexity index is 3050. The van der Waals surface area contributed by atoms with Crippen LogP contribution in [-0.4, -0.2) is 0 Å². The fraction of sp³-hybridized carbons (Fsp3) is 0.107. The molecule has 0 amide bonds. The fourth-order valence-corrected chi connectivity index (χ4v) is 10.3. The molecule has 57 heavy (non-hydrogen) atoms. The second-order valence-electron chi connectivity index (χ2n) is 16.9. The van der Waals surface area contributed by atoms with Crippen LogP contribution in [-0.2, 0) is 10.8 Å². The molecule has 2 aliphatic rings. The van der Waals surface area contributed by atoms with Gasteiger partial charge in [0.25, 0.3) is 0 Å². The average Bonchev–Trinajstić information content (AvgIpc) is 3.48. The van der Waals surface area contributed by atoms with Crippen LogP contribution in [0.25, 0.3) is 66.1 Å². The zero-order valence-electron chi connectivity index (χ0n) is 32.8. The number of nitrogens with zero attached hydrogens (tertiary/aromatic N) is 1. The van der Waals surface area contributed by atoms with E-state index < -0.39 is 0 Å². The largest absolute Gasteiger partial charge is 0.310 e. The van der Waals surface area contributed by atoms with Gasteiger partial charge in [-0.1, -0.05) is 185 Å². The van der Waals surface area contributed by atoms with Crippen molar-refractivity contribution in [2.24, 2.45) is 0 Å². The smallest absolute Gasteiger partial charge is 0.0546 e. The Hall–Kier alpha value is -6.70. The maximum Gasteiger partial charge on any atom is 0.0546 e. The van der Waals surface area contributed by atoms with Crippen molar-refractivity contribution in [1.29, 1.82) is 0 Å². The summed E-state index contributed by atoms with van der Waals surface area (Å²) in [6, 6.07) is 70.1. The minimum absolute atomic E-state index is 0.125. The minimum atomic E-state index is -0.250. The molecular formula is C56H43N. The average molecular weight is 730 g/mol. The summed E-state index contributed by atoms with van der Waals surface area (Å²) >= 11 is 0. The number of anilines is 3. The van der Waals surface area contributed by atoms with E-state index in [-0.39, 0.29) is 10.8 Å². The van der Waals surface area contributed by atoms with Gasteiger partial charge in [-0.2, -0.15) is 0 Å². The molecule has 2 aliphatic carbocycles. The van der Waals surface area contributed by atoms with Gasteiger partial charge in [0.2, 0.25) is 0 Å². The van der Waals surface area contributed by atoms with Gasteiger partial charge in [0.1, 0.15) is 0 Å². The molecule has 9 aromatic rings. The Kier molecular flexibility index (Phi) is 7.32. The summed E-state index contributed by atoms with van der Waals surface area (Å²) in [4.78, 5) is 2.52. The zero-order chi connectivity index (χ0) is 38.5. The van der Waals surface area contributed by atoms with E-state index >= 15 is 0 Å². The zero-order valence-corrected chi connectivity index (χ0v) is 32.8. The Morgan fingerprint density at radius 3 is 1.82 bits per heavy atom. The molecule has 11 rings (SSSR count). The van der Waals surface area contributed by atoms with E-state index in [1.165, 1.54) is 94.0 Å². The molecule has 0 saturated heterocycles. The van der Waals surface area contributed by atoms with Crippen molar-refractivity contribution < 1.29 is 0 Å². The summed E-state index contributed by atoms with van der Waals surface area (Å²) in [6.45, 7) is 9.59. The van der Waals surface area contributed by atoms with Crippen molar-refractivity contribution >= 4 is 38.6 Å². The summed E-state index contributed by atoms with van der Waals surface area (Å²) in [5, 5.41) is 5.15. The lowest BCUT2D eigenvalue weighted by molar-refractivity contribution is 0.647. The molecule has 0 spiro atoms. The Morgan fingerprint density at radius 2 is 0.965 bits per heavy atom. The summed E-state index contributed by atoms with van der Waals surface area (Å²) in [7, 11) is 0. The summed E-state index contributed by atoms with van der Waals surface area (Å²) in [6.07, 6.45) is 0. The van der Waals surface area contributed by atoms with E-state index in [0.717, 1.165) is 11.4 Å². The highest BCUT2D eigenvalue weighted by atomic mass is 15.1. The van der Waals surface area contributed by atoms with E-state index in [4.69, 9.17) is 0 Å². The van der Waals surface area contributed by atoms with E-state index in [1.807, 2.05) is 0 Å². The van der Waals surface area contributed by atoms with Crippen LogP contribution in [0.4, 0.5) is 17.1 Å². The van der Waals surface area contributed by atoms with Gasteiger partial charge in [-0.15, -0.1) is 0 Å². The monoisotopic (exact) mass is 729 g/mol. The highest BCUT2D eigenvalue weighted by molar-refractivity contribution is 6.12. The lowest BCUT2D eigenvalue weighted by Crippen LogP contribution is -2.25. The second-order valence-corrected chi connectivity index (χ2v) is 16.9. The van der Waals surface area contributed by atoms with Crippen LogP contribution in [0.1, 0.15) is 49.9 Å². The third-order valence-corrected chi connectivity index (χ3v) is 13.0. The van der Waals surface area contributed by atoms with Crippen LogP contribution in [0.2, 0.25) is 0 Å². The minimum Gasteiger partial charge on any atom is -0.310 e. The summed E-state index contributed by atoms with van der Waals surface area (Å²) in [5.74, 6) is 0. The highest BCUT2D eigenvalue weighted by Gasteiger charge is 2.39. The first-order valence-corrected chi connectivity index (χ1v) is 20.2. The van der Waals surface area contributed by atoms with Crippen LogP contribution in [0.3, 0.4) is 0 Å². The standard InChI is InChI=1S/C56H43N/c1-55(2)48-25-11-10-21-44(48)45-33-32-41(35-50(45)55)57(40-30-27-37(28-31-40)36-15-6-5-7-16-36)51-34-29-39-19-13-26-49-52(39)53(51)47-24-14-23-46(54(47)56(49,3)4)43-22-12-18-38-17-8-9-20-42(38)43/h5-35H,1-4H3. The van der Waals surface area contributed by atoms with Gasteiger partial charge in [-0.05, 0) is 113 Å². The lowest BCUT2D eigenvalue weighted by Gasteiger charge is -2.39. The lowest BCUT2D eigenvalue weighted by atomic mass is 9.66. The van der Waals surface area contributed by atoms with Gasteiger partial charge in [0, 0.05) is 27.8 Å². The topological polar surface area (TPSA) is 3.24 Å². The van der Waals surface area contributed by atoms with Crippen molar-refractivity contribution in [3.8, 4) is 44.5 Å². The molecule has 1 heteroatoms. The maximum atomic E-state index is 2.52. The molecule has 0 radical (unpaired) electrons. The SMILES string of the molecule is CC1(C)c2ccccc2-c2ccc(N(c3ccc(-c4ccccc4)cc3)c3ccc4cccc5c4c3-c3cccc(-c4cccc6ccccc46)c3C5(C)C)cc21. The molecule has 0 bridgehead atoms. The third-order valence-electron chi connectivity index (χ3n) is 13.0. The van der Waals surface area contributed by atoms with Crippen molar-refractivity contribution in [2.75, 3.05) is 4.90 Å². The molecule has 0 N–H and O–H groups in total. The molecule has 0 fully saturated rings. The van der Waals surface area contributed by atoms with Crippen molar-refractivity contribution in [1.82, 2.24) is 0 Å². The van der Waals surface area contributed by atoms with Gasteiger partial charge < -0.3 is 4.90 Å². The first kappa shape index (κ1) is 33.6. The second kappa shape index (κ2) is 12.4. The summed E-state index contributed by atoms with van der Waals surface area (Å²) < 4.78 is 0. The molecule has 272 valence electrons. The van der Waals surface area contributed by atoms with E-state index in [9.17, 15) is 0 Å². The van der Waals surface area contributed by atoms with Crippen LogP contribution >= 0.6 is 0 Å². The molecular weight excluding hydrogens is 687 g/mol. The number of rotatable bonds is 5. The van der Waals surface area contributed by atoms with Crippen LogP contribution in [0.15, 0.2) is 188 Å². The first-order chi connectivity index (χ1) is 27.8. The van der Waals surface area contributed by atoms with Gasteiger partial charge in [-0.25, -0.2) is 0 Å². The van der Waals surface area contributed by atoms with Gasteiger partial charge in [0.05, 0.1) is 5.69 Å². The van der Waals surface area contributed by atoms with Crippen LogP contribution < -0.4 is 4.90 Å². The molecule has 0 aliphatic heterocycles. The predicted molar refractivity (Wildman–Crippen MR) is 242 cm³/mol. The maximum absolute atomic E-state index is 2.52. The third kappa shape index (κ3) is 4.95. The Labute approximate surface area is 335 Å². The predicted octanol–water partition coefficient (Wildman–Crippen LogP) is 15.4. The highest BCUT2D eigenvalue weighted by Crippen LogP contribution is 2.57. The van der Waals surface area contributed by atoms with Gasteiger partial charge >= 0.3 is 0 Å². The quantitative estimate of drug-likeness (QED) is 0.170. The normalized spacial score (nSPS) is 14.2. The first-order valence-electron chi connectivity index (χ1n) is 20.2. The van der Waals surface area contributed by atoms with Crippen molar-refractivity contribution in [3.63, 3.8) is 0 Å². The molecule has 0 heterocycles. The van der Waals surface area contributed by atoms with Gasteiger partial charge in [0.15, 0.2) is 0 Å². The summed E-state index contributed by atoms with van der Waals surface area (Å²) in [5.41, 5.74) is 18.8. The Balaban J connectivity index is 1.20. The number of hydrogen-bond acceptors (Lipinski definition) is 1. The molecule has 0 aromatic heterocycles. The molecule has 0 saturated carbocycles. The van der Waals surface area contributed by atoms with Crippen LogP contribution in [0.5, 0.6) is 0 Å². The molecule has 1 nitrogen and oxygen atoms in total.